The SMILES string of the molecule is CNC(=O)Cc1nc(C2CCc3ncnn3C2)n(-c2ccc3c(c2)CCC3)n1. The number of aromatic nitrogens is 6. The zero-order chi connectivity index (χ0) is 19.1. The van der Waals surface area contributed by atoms with Crippen molar-refractivity contribution in [2.24, 2.45) is 0 Å². The van der Waals surface area contributed by atoms with Crippen molar-refractivity contribution < 1.29 is 4.79 Å². The Kier molecular flexibility index (Phi) is 4.18. The van der Waals surface area contributed by atoms with Crippen LogP contribution in [0.5, 0.6) is 0 Å². The summed E-state index contributed by atoms with van der Waals surface area (Å²) in [5.41, 5.74) is 3.85. The number of rotatable bonds is 4. The van der Waals surface area contributed by atoms with Crippen LogP contribution in [0.4, 0.5) is 0 Å². The van der Waals surface area contributed by atoms with Crippen LogP contribution in [0.1, 0.15) is 47.4 Å². The number of aryl methyl sites for hydroxylation is 3. The Morgan fingerprint density at radius 3 is 3.04 bits per heavy atom. The van der Waals surface area contributed by atoms with Gasteiger partial charge in [0.15, 0.2) is 5.82 Å². The summed E-state index contributed by atoms with van der Waals surface area (Å²) in [6, 6.07) is 6.56. The molecule has 0 saturated carbocycles. The molecule has 8 heteroatoms. The van der Waals surface area contributed by atoms with Crippen LogP contribution in [0.3, 0.4) is 0 Å². The summed E-state index contributed by atoms with van der Waals surface area (Å²) in [4.78, 5) is 21.0. The van der Waals surface area contributed by atoms with Gasteiger partial charge in [-0.2, -0.15) is 10.2 Å². The lowest BCUT2D eigenvalue weighted by Gasteiger charge is -2.22. The molecule has 1 aliphatic carbocycles. The Morgan fingerprint density at radius 2 is 2.14 bits per heavy atom. The van der Waals surface area contributed by atoms with Gasteiger partial charge in [0.1, 0.15) is 18.0 Å². The van der Waals surface area contributed by atoms with Gasteiger partial charge in [-0.05, 0) is 48.9 Å². The van der Waals surface area contributed by atoms with Gasteiger partial charge in [-0.3, -0.25) is 4.79 Å². The summed E-state index contributed by atoms with van der Waals surface area (Å²) in [5, 5.41) is 11.7. The van der Waals surface area contributed by atoms with Gasteiger partial charge in [-0.15, -0.1) is 0 Å². The topological polar surface area (TPSA) is 90.5 Å². The highest BCUT2D eigenvalue weighted by molar-refractivity contribution is 5.77. The van der Waals surface area contributed by atoms with E-state index < -0.39 is 0 Å². The number of hydrogen-bond donors (Lipinski definition) is 1. The minimum absolute atomic E-state index is 0.0835. The van der Waals surface area contributed by atoms with E-state index in [-0.39, 0.29) is 18.2 Å². The molecule has 1 atom stereocenters. The molecule has 3 aromatic rings. The molecule has 5 rings (SSSR count). The maximum absolute atomic E-state index is 11.9. The number of nitrogens with one attached hydrogen (secondary N) is 1. The molecule has 1 N–H and O–H groups in total. The first kappa shape index (κ1) is 17.1. The van der Waals surface area contributed by atoms with Crippen molar-refractivity contribution in [1.29, 1.82) is 0 Å². The third-order valence-corrected chi connectivity index (χ3v) is 5.77. The summed E-state index contributed by atoms with van der Waals surface area (Å²) in [6.45, 7) is 0.735. The Bertz CT molecular complexity index is 1040. The first-order valence-electron chi connectivity index (χ1n) is 9.86. The van der Waals surface area contributed by atoms with Crippen molar-refractivity contribution in [3.8, 4) is 5.69 Å². The summed E-state index contributed by atoms with van der Waals surface area (Å²) >= 11 is 0. The number of amides is 1. The van der Waals surface area contributed by atoms with Crippen molar-refractivity contribution in [3.05, 3.63) is 53.1 Å². The molecule has 28 heavy (non-hydrogen) atoms. The monoisotopic (exact) mass is 377 g/mol. The highest BCUT2D eigenvalue weighted by Crippen LogP contribution is 2.30. The maximum Gasteiger partial charge on any atom is 0.227 e. The van der Waals surface area contributed by atoms with Crippen LogP contribution in [0.15, 0.2) is 24.5 Å². The standard InChI is InChI=1S/C20H23N7O/c1-21-19(28)10-17-24-20(15-6-8-18-22-12-23-26(18)11-15)27(25-17)16-7-5-13-3-2-4-14(13)9-16/h5,7,9,12,15H,2-4,6,8,10-11H2,1H3,(H,21,28). The van der Waals surface area contributed by atoms with Crippen LogP contribution < -0.4 is 5.32 Å². The van der Waals surface area contributed by atoms with Crippen LogP contribution in [-0.2, 0) is 37.0 Å². The largest absolute Gasteiger partial charge is 0.359 e. The second kappa shape index (κ2) is 6.85. The number of likely N-dealkylation sites (N-methyl/N-ethyl adjacent to an activating group) is 1. The van der Waals surface area contributed by atoms with Gasteiger partial charge in [0.05, 0.1) is 18.7 Å². The van der Waals surface area contributed by atoms with Crippen molar-refractivity contribution in [2.75, 3.05) is 7.05 Å². The maximum atomic E-state index is 11.9. The van der Waals surface area contributed by atoms with Gasteiger partial charge in [0, 0.05) is 19.4 Å². The number of fused-ring (bicyclic) bond motifs is 2. The van der Waals surface area contributed by atoms with Crippen LogP contribution in [0.2, 0.25) is 0 Å². The number of nitrogens with zero attached hydrogens (tertiary/aromatic N) is 6. The van der Waals surface area contributed by atoms with Gasteiger partial charge in [-0.25, -0.2) is 19.3 Å². The summed E-state index contributed by atoms with van der Waals surface area (Å²) in [6.07, 6.45) is 7.09. The second-order valence-corrected chi connectivity index (χ2v) is 7.55. The molecule has 2 aromatic heterocycles. The van der Waals surface area contributed by atoms with E-state index in [2.05, 4.69) is 33.6 Å². The van der Waals surface area contributed by atoms with Crippen LogP contribution in [0, 0.1) is 0 Å². The average molecular weight is 377 g/mol. The minimum atomic E-state index is -0.0835. The number of benzene rings is 1. The van der Waals surface area contributed by atoms with E-state index in [4.69, 9.17) is 10.1 Å². The lowest BCUT2D eigenvalue weighted by Crippen LogP contribution is -2.22. The highest BCUT2D eigenvalue weighted by Gasteiger charge is 2.27. The molecule has 1 aromatic carbocycles. The molecule has 0 bridgehead atoms. The smallest absolute Gasteiger partial charge is 0.227 e. The van der Waals surface area contributed by atoms with Crippen LogP contribution in [0.25, 0.3) is 5.69 Å². The molecule has 1 unspecified atom stereocenters. The first-order valence-corrected chi connectivity index (χ1v) is 9.86. The normalized spacial score (nSPS) is 18.0. The highest BCUT2D eigenvalue weighted by atomic mass is 16.1. The molecule has 2 aliphatic rings. The molecule has 0 radical (unpaired) electrons. The first-order chi connectivity index (χ1) is 13.7. The Labute approximate surface area is 163 Å². The predicted octanol–water partition coefficient (Wildman–Crippen LogP) is 1.37. The molecule has 0 spiro atoms. The van der Waals surface area contributed by atoms with Gasteiger partial charge in [0.25, 0.3) is 0 Å². The molecule has 144 valence electrons. The third-order valence-electron chi connectivity index (χ3n) is 5.77. The molecule has 8 nitrogen and oxygen atoms in total. The van der Waals surface area contributed by atoms with E-state index in [1.165, 1.54) is 17.5 Å². The van der Waals surface area contributed by atoms with Gasteiger partial charge >= 0.3 is 0 Å². The van der Waals surface area contributed by atoms with Crippen molar-refractivity contribution in [2.45, 2.75) is 51.0 Å². The van der Waals surface area contributed by atoms with E-state index in [1.807, 2.05) is 9.36 Å². The predicted molar refractivity (Wildman–Crippen MR) is 102 cm³/mol. The summed E-state index contributed by atoms with van der Waals surface area (Å²) in [7, 11) is 1.63. The summed E-state index contributed by atoms with van der Waals surface area (Å²) in [5.74, 6) is 2.58. The minimum Gasteiger partial charge on any atom is -0.359 e. The lowest BCUT2D eigenvalue weighted by molar-refractivity contribution is -0.120. The van der Waals surface area contributed by atoms with Gasteiger partial charge in [0.2, 0.25) is 5.91 Å². The molecule has 3 heterocycles. The van der Waals surface area contributed by atoms with Gasteiger partial charge < -0.3 is 5.32 Å². The fraction of sp³-hybridized carbons (Fsp3) is 0.450. The fourth-order valence-electron chi connectivity index (χ4n) is 4.27. The Hall–Kier alpha value is -3.03. The van der Waals surface area contributed by atoms with E-state index >= 15 is 0 Å². The molecule has 1 aliphatic heterocycles. The second-order valence-electron chi connectivity index (χ2n) is 7.55. The number of hydrogen-bond acceptors (Lipinski definition) is 5. The van der Waals surface area contributed by atoms with E-state index in [0.29, 0.717) is 5.82 Å². The van der Waals surface area contributed by atoms with Crippen LogP contribution in [-0.4, -0.2) is 42.5 Å². The zero-order valence-electron chi connectivity index (χ0n) is 15.9. The van der Waals surface area contributed by atoms with E-state index in [9.17, 15) is 4.79 Å². The average Bonchev–Trinajstić information content (AvgIpc) is 3.45. The van der Waals surface area contributed by atoms with E-state index in [0.717, 1.165) is 49.6 Å². The third kappa shape index (κ3) is 2.98. The number of carbonyl (C=O) groups is 1. The molecule has 1 amide bonds. The fourth-order valence-corrected chi connectivity index (χ4v) is 4.27. The van der Waals surface area contributed by atoms with Crippen LogP contribution >= 0.6 is 0 Å². The number of carbonyl (C=O) groups excluding carboxylic acids is 1. The zero-order valence-corrected chi connectivity index (χ0v) is 15.9. The van der Waals surface area contributed by atoms with Gasteiger partial charge in [-0.1, -0.05) is 6.07 Å². The quantitative estimate of drug-likeness (QED) is 0.742. The lowest BCUT2D eigenvalue weighted by atomic mass is 9.98. The van der Waals surface area contributed by atoms with Crippen molar-refractivity contribution in [3.63, 3.8) is 0 Å². The molecular formula is C20H23N7O. The molecule has 0 fully saturated rings. The Morgan fingerprint density at radius 1 is 1.25 bits per heavy atom. The summed E-state index contributed by atoms with van der Waals surface area (Å²) < 4.78 is 3.89. The molecular weight excluding hydrogens is 354 g/mol. The van der Waals surface area contributed by atoms with E-state index in [1.54, 1.807) is 13.4 Å². The molecule has 0 saturated heterocycles. The van der Waals surface area contributed by atoms with Crippen molar-refractivity contribution in [1.82, 2.24) is 34.8 Å². The Balaban J connectivity index is 1.54. The van der Waals surface area contributed by atoms with Crippen molar-refractivity contribution >= 4 is 5.91 Å².